The zero-order chi connectivity index (χ0) is 23.0. The largest absolute Gasteiger partial charge is 0.497 e. The van der Waals surface area contributed by atoms with Gasteiger partial charge in [-0.1, -0.05) is 23.5 Å². The van der Waals surface area contributed by atoms with Crippen molar-refractivity contribution in [1.29, 1.82) is 0 Å². The lowest BCUT2D eigenvalue weighted by Gasteiger charge is -2.25. The van der Waals surface area contributed by atoms with Crippen LogP contribution in [0.1, 0.15) is 42.8 Å². The molecule has 1 atom stereocenters. The summed E-state index contributed by atoms with van der Waals surface area (Å²) in [6.45, 7) is 7.40. The summed E-state index contributed by atoms with van der Waals surface area (Å²) in [5.74, 6) is 0.229. The van der Waals surface area contributed by atoms with Gasteiger partial charge in [-0.05, 0) is 68.5 Å². The fraction of sp³-hybridized carbons (Fsp3) is 0.292. The number of ether oxygens (including phenoxy) is 2. The Morgan fingerprint density at radius 2 is 1.91 bits per heavy atom. The maximum Gasteiger partial charge on any atom is 0.338 e. The van der Waals surface area contributed by atoms with Gasteiger partial charge >= 0.3 is 5.97 Å². The molecule has 0 amide bonds. The highest BCUT2D eigenvalue weighted by Gasteiger charge is 2.33. The highest BCUT2D eigenvalue weighted by atomic mass is 32.1. The number of benzene rings is 1. The van der Waals surface area contributed by atoms with Gasteiger partial charge in [0, 0.05) is 4.88 Å². The molecular weight excluding hydrogens is 444 g/mol. The van der Waals surface area contributed by atoms with Gasteiger partial charge in [0.15, 0.2) is 4.80 Å². The summed E-state index contributed by atoms with van der Waals surface area (Å²) in [5.41, 5.74) is 2.65. The lowest BCUT2D eigenvalue weighted by molar-refractivity contribution is -0.143. The van der Waals surface area contributed by atoms with E-state index in [1.807, 2.05) is 48.7 Å². The first-order valence-corrected chi connectivity index (χ1v) is 11.9. The Bertz CT molecular complexity index is 1370. The zero-order valence-electron chi connectivity index (χ0n) is 18.5. The quantitative estimate of drug-likeness (QED) is 0.537. The molecule has 2 aromatic heterocycles. The number of fused-ring (bicyclic) bond motifs is 1. The predicted molar refractivity (Wildman–Crippen MR) is 127 cm³/mol. The molecule has 166 valence electrons. The average molecular weight is 469 g/mol. The maximum atomic E-state index is 13.5. The molecule has 0 aliphatic carbocycles. The number of nitrogens with zero attached hydrogens (tertiary/aromatic N) is 2. The lowest BCUT2D eigenvalue weighted by Crippen LogP contribution is -2.40. The maximum absolute atomic E-state index is 13.5. The van der Waals surface area contributed by atoms with Gasteiger partial charge in [0.1, 0.15) is 5.75 Å². The Morgan fingerprint density at radius 3 is 2.50 bits per heavy atom. The van der Waals surface area contributed by atoms with E-state index in [2.05, 4.69) is 4.99 Å². The summed E-state index contributed by atoms with van der Waals surface area (Å²) in [6, 6.07) is 8.77. The number of aryl methyl sites for hydroxylation is 1. The molecule has 3 aromatic rings. The highest BCUT2D eigenvalue weighted by molar-refractivity contribution is 7.11. The molecular formula is C24H24N2O4S2. The Hall–Kier alpha value is -2.97. The third-order valence-electron chi connectivity index (χ3n) is 5.18. The second-order valence-electron chi connectivity index (χ2n) is 7.78. The third kappa shape index (κ3) is 4.08. The molecule has 0 radical (unpaired) electrons. The van der Waals surface area contributed by atoms with E-state index in [0.717, 1.165) is 16.0 Å². The molecule has 0 saturated heterocycles. The van der Waals surface area contributed by atoms with Crippen LogP contribution in [-0.4, -0.2) is 23.8 Å². The number of rotatable bonds is 5. The number of carbonyl (C=O) groups is 1. The van der Waals surface area contributed by atoms with Crippen LogP contribution in [0.25, 0.3) is 6.08 Å². The number of hydrogen-bond donors (Lipinski definition) is 0. The number of allylic oxidation sites excluding steroid dienone is 1. The van der Waals surface area contributed by atoms with Crippen molar-refractivity contribution in [3.05, 3.63) is 82.7 Å². The van der Waals surface area contributed by atoms with Crippen LogP contribution in [0.2, 0.25) is 0 Å². The minimum absolute atomic E-state index is 0.176. The number of thiophene rings is 1. The molecule has 0 saturated carbocycles. The minimum Gasteiger partial charge on any atom is -0.497 e. The van der Waals surface area contributed by atoms with Gasteiger partial charge in [-0.3, -0.25) is 9.36 Å². The number of methoxy groups -OCH3 is 1. The number of aromatic nitrogens is 1. The second-order valence-corrected chi connectivity index (χ2v) is 9.73. The zero-order valence-corrected chi connectivity index (χ0v) is 20.2. The summed E-state index contributed by atoms with van der Waals surface area (Å²) in [7, 11) is 1.60. The van der Waals surface area contributed by atoms with Crippen LogP contribution < -0.4 is 19.6 Å². The Balaban J connectivity index is 1.95. The molecule has 4 rings (SSSR count). The van der Waals surface area contributed by atoms with E-state index in [9.17, 15) is 9.59 Å². The van der Waals surface area contributed by atoms with Crippen LogP contribution in [-0.2, 0) is 9.53 Å². The van der Waals surface area contributed by atoms with Gasteiger partial charge in [0.2, 0.25) is 0 Å². The Kier molecular flexibility index (Phi) is 6.17. The molecule has 32 heavy (non-hydrogen) atoms. The van der Waals surface area contributed by atoms with Crippen molar-refractivity contribution in [2.45, 2.75) is 39.8 Å². The molecule has 8 heteroatoms. The normalized spacial score (nSPS) is 16.2. The monoisotopic (exact) mass is 468 g/mol. The third-order valence-corrected chi connectivity index (χ3v) is 7.13. The first kappa shape index (κ1) is 22.2. The standard InChI is InChI=1S/C24H24N2O4S2/c1-13(2)30-23(28)20-15(4)25-24-26(21(20)16-6-8-17(29-5)9-7-16)22(27)19(32-24)12-18-14(3)10-11-31-18/h6-13,21H,1-5H3/b19-12-. The van der Waals surface area contributed by atoms with Crippen LogP contribution in [0, 0.1) is 6.92 Å². The average Bonchev–Trinajstić information content (AvgIpc) is 3.29. The van der Waals surface area contributed by atoms with Crippen molar-refractivity contribution < 1.29 is 14.3 Å². The fourth-order valence-corrected chi connectivity index (χ4v) is 5.57. The van der Waals surface area contributed by atoms with Crippen molar-refractivity contribution in [1.82, 2.24) is 4.57 Å². The van der Waals surface area contributed by atoms with Gasteiger partial charge in [0.05, 0.1) is 35.1 Å². The molecule has 1 aromatic carbocycles. The van der Waals surface area contributed by atoms with Crippen LogP contribution >= 0.6 is 22.7 Å². The van der Waals surface area contributed by atoms with Gasteiger partial charge in [0.25, 0.3) is 5.56 Å². The smallest absolute Gasteiger partial charge is 0.338 e. The van der Waals surface area contributed by atoms with E-state index in [0.29, 0.717) is 26.4 Å². The number of carbonyl (C=O) groups excluding carboxylic acids is 1. The molecule has 0 spiro atoms. The topological polar surface area (TPSA) is 69.9 Å². The molecule has 1 aliphatic heterocycles. The number of esters is 1. The van der Waals surface area contributed by atoms with Crippen molar-refractivity contribution in [2.24, 2.45) is 4.99 Å². The number of hydrogen-bond acceptors (Lipinski definition) is 7. The van der Waals surface area contributed by atoms with Crippen LogP contribution in [0.3, 0.4) is 0 Å². The first-order valence-electron chi connectivity index (χ1n) is 10.2. The lowest BCUT2D eigenvalue weighted by atomic mass is 9.96. The second kappa shape index (κ2) is 8.88. The summed E-state index contributed by atoms with van der Waals surface area (Å²) in [4.78, 5) is 32.8. The summed E-state index contributed by atoms with van der Waals surface area (Å²) in [5, 5.41) is 2.00. The van der Waals surface area contributed by atoms with E-state index in [1.165, 1.54) is 11.3 Å². The fourth-order valence-electron chi connectivity index (χ4n) is 3.61. The van der Waals surface area contributed by atoms with Crippen molar-refractivity contribution in [3.8, 4) is 5.75 Å². The van der Waals surface area contributed by atoms with Gasteiger partial charge < -0.3 is 9.47 Å². The Morgan fingerprint density at radius 1 is 1.19 bits per heavy atom. The summed E-state index contributed by atoms with van der Waals surface area (Å²) < 4.78 is 13.0. The van der Waals surface area contributed by atoms with Crippen molar-refractivity contribution in [3.63, 3.8) is 0 Å². The first-order chi connectivity index (χ1) is 15.3. The molecule has 0 fully saturated rings. The molecule has 1 aliphatic rings. The van der Waals surface area contributed by atoms with Gasteiger partial charge in [-0.25, -0.2) is 9.79 Å². The summed E-state index contributed by atoms with van der Waals surface area (Å²) >= 11 is 2.92. The predicted octanol–water partition coefficient (Wildman–Crippen LogP) is 3.57. The molecule has 6 nitrogen and oxygen atoms in total. The van der Waals surface area contributed by atoms with E-state index < -0.39 is 12.0 Å². The highest BCUT2D eigenvalue weighted by Crippen LogP contribution is 2.32. The van der Waals surface area contributed by atoms with Crippen molar-refractivity contribution in [2.75, 3.05) is 7.11 Å². The summed E-state index contributed by atoms with van der Waals surface area (Å²) in [6.07, 6.45) is 1.62. The number of thiazole rings is 1. The van der Waals surface area contributed by atoms with Crippen LogP contribution in [0.5, 0.6) is 5.75 Å². The molecule has 0 N–H and O–H groups in total. The van der Waals surface area contributed by atoms with E-state index in [-0.39, 0.29) is 11.7 Å². The minimum atomic E-state index is -0.630. The Labute approximate surface area is 193 Å². The van der Waals surface area contributed by atoms with E-state index in [4.69, 9.17) is 9.47 Å². The SMILES string of the molecule is COc1ccc(C2C(C(=O)OC(C)C)=C(C)N=c3s/c(=C\c4sccc4C)c(=O)n32)cc1. The van der Waals surface area contributed by atoms with E-state index >= 15 is 0 Å². The van der Waals surface area contributed by atoms with Crippen molar-refractivity contribution >= 4 is 34.7 Å². The van der Waals surface area contributed by atoms with Crippen LogP contribution in [0.4, 0.5) is 0 Å². The molecule has 3 heterocycles. The van der Waals surface area contributed by atoms with Gasteiger partial charge in [-0.2, -0.15) is 0 Å². The van der Waals surface area contributed by atoms with Gasteiger partial charge in [-0.15, -0.1) is 11.3 Å². The molecule has 1 unspecified atom stereocenters. The van der Waals surface area contributed by atoms with Crippen LogP contribution in [0.15, 0.2) is 56.8 Å². The van der Waals surface area contributed by atoms with E-state index in [1.54, 1.807) is 43.8 Å². The molecule has 0 bridgehead atoms.